The number of rotatable bonds is 9. The van der Waals surface area contributed by atoms with Gasteiger partial charge in [-0.2, -0.15) is 0 Å². The summed E-state index contributed by atoms with van der Waals surface area (Å²) in [4.78, 5) is 23.8. The topological polar surface area (TPSA) is 64.6 Å². The number of ether oxygens (including phenoxy) is 2. The lowest BCUT2D eigenvalue weighted by Gasteiger charge is -2.18. The summed E-state index contributed by atoms with van der Waals surface area (Å²) in [6.07, 6.45) is 1.75. The van der Waals surface area contributed by atoms with Crippen molar-refractivity contribution in [3.8, 4) is 5.75 Å². The SMILES string of the molecule is CCC[C@@H](NC(=O)COC(=O)COc1cccc(Br)c1)c1ccccc1. The van der Waals surface area contributed by atoms with Gasteiger partial charge in [-0.15, -0.1) is 0 Å². The van der Waals surface area contributed by atoms with E-state index in [1.165, 1.54) is 0 Å². The van der Waals surface area contributed by atoms with E-state index in [1.54, 1.807) is 18.2 Å². The van der Waals surface area contributed by atoms with E-state index in [9.17, 15) is 9.59 Å². The number of halogens is 1. The molecule has 5 nitrogen and oxygen atoms in total. The Morgan fingerprint density at radius 3 is 2.54 bits per heavy atom. The van der Waals surface area contributed by atoms with Crippen LogP contribution in [0.4, 0.5) is 0 Å². The molecule has 0 aliphatic carbocycles. The third-order valence-electron chi connectivity index (χ3n) is 3.63. The molecule has 1 amide bonds. The van der Waals surface area contributed by atoms with Crippen molar-refractivity contribution in [2.45, 2.75) is 25.8 Å². The Bertz CT molecular complexity index is 721. The summed E-state index contributed by atoms with van der Waals surface area (Å²) < 4.78 is 11.2. The minimum Gasteiger partial charge on any atom is -0.482 e. The van der Waals surface area contributed by atoms with Crippen molar-refractivity contribution < 1.29 is 19.1 Å². The molecule has 0 aliphatic rings. The summed E-state index contributed by atoms with van der Waals surface area (Å²) in [5.41, 5.74) is 1.03. The minimum atomic E-state index is -0.591. The highest BCUT2D eigenvalue weighted by atomic mass is 79.9. The van der Waals surface area contributed by atoms with Crippen LogP contribution >= 0.6 is 15.9 Å². The van der Waals surface area contributed by atoms with Crippen LogP contribution in [0.3, 0.4) is 0 Å². The number of hydrogen-bond acceptors (Lipinski definition) is 4. The maximum absolute atomic E-state index is 12.1. The zero-order chi connectivity index (χ0) is 18.8. The van der Waals surface area contributed by atoms with Gasteiger partial charge in [-0.05, 0) is 30.2 Å². The fraction of sp³-hybridized carbons (Fsp3) is 0.300. The summed E-state index contributed by atoms with van der Waals surface area (Å²) in [5.74, 6) is -0.372. The lowest BCUT2D eigenvalue weighted by Crippen LogP contribution is -2.33. The van der Waals surface area contributed by atoms with Gasteiger partial charge in [0.2, 0.25) is 0 Å². The van der Waals surface area contributed by atoms with Crippen molar-refractivity contribution >= 4 is 27.8 Å². The average molecular weight is 420 g/mol. The van der Waals surface area contributed by atoms with Gasteiger partial charge in [0.25, 0.3) is 5.91 Å². The molecule has 26 heavy (non-hydrogen) atoms. The van der Waals surface area contributed by atoms with E-state index in [0.717, 1.165) is 22.9 Å². The molecule has 0 saturated carbocycles. The lowest BCUT2D eigenvalue weighted by atomic mass is 10.0. The first-order valence-corrected chi connectivity index (χ1v) is 9.26. The van der Waals surface area contributed by atoms with Crippen LogP contribution in [0, 0.1) is 0 Å². The van der Waals surface area contributed by atoms with Crippen LogP contribution < -0.4 is 10.1 Å². The number of nitrogens with one attached hydrogen (secondary N) is 1. The van der Waals surface area contributed by atoms with E-state index in [-0.39, 0.29) is 25.2 Å². The predicted molar refractivity (Wildman–Crippen MR) is 103 cm³/mol. The van der Waals surface area contributed by atoms with Crippen LogP contribution in [0.15, 0.2) is 59.1 Å². The van der Waals surface area contributed by atoms with E-state index in [2.05, 4.69) is 28.2 Å². The van der Waals surface area contributed by atoms with E-state index in [4.69, 9.17) is 9.47 Å². The number of carbonyl (C=O) groups excluding carboxylic acids is 2. The molecule has 1 atom stereocenters. The number of carbonyl (C=O) groups is 2. The molecule has 0 saturated heterocycles. The molecule has 2 aromatic carbocycles. The van der Waals surface area contributed by atoms with Crippen molar-refractivity contribution in [3.05, 3.63) is 64.6 Å². The van der Waals surface area contributed by atoms with Crippen LogP contribution in [-0.2, 0) is 14.3 Å². The van der Waals surface area contributed by atoms with Crippen molar-refractivity contribution in [1.29, 1.82) is 0 Å². The monoisotopic (exact) mass is 419 g/mol. The van der Waals surface area contributed by atoms with Crippen LogP contribution in [-0.4, -0.2) is 25.1 Å². The minimum absolute atomic E-state index is 0.0923. The fourth-order valence-electron chi connectivity index (χ4n) is 2.42. The second-order valence-corrected chi connectivity index (χ2v) is 6.64. The van der Waals surface area contributed by atoms with Crippen molar-refractivity contribution in [3.63, 3.8) is 0 Å². The Morgan fingerprint density at radius 1 is 1.08 bits per heavy atom. The zero-order valence-corrected chi connectivity index (χ0v) is 16.2. The molecule has 2 rings (SSSR count). The first-order valence-electron chi connectivity index (χ1n) is 8.46. The summed E-state index contributed by atoms with van der Waals surface area (Å²) >= 11 is 3.32. The van der Waals surface area contributed by atoms with Crippen LogP contribution in [0.25, 0.3) is 0 Å². The van der Waals surface area contributed by atoms with E-state index in [0.29, 0.717) is 5.75 Å². The molecule has 0 fully saturated rings. The predicted octanol–water partition coefficient (Wildman–Crippen LogP) is 4.03. The Hall–Kier alpha value is -2.34. The average Bonchev–Trinajstić information content (AvgIpc) is 2.65. The summed E-state index contributed by atoms with van der Waals surface area (Å²) in [5, 5.41) is 2.91. The maximum Gasteiger partial charge on any atom is 0.344 e. The highest BCUT2D eigenvalue weighted by Gasteiger charge is 2.15. The van der Waals surface area contributed by atoms with Crippen LogP contribution in [0.1, 0.15) is 31.4 Å². The molecule has 6 heteroatoms. The van der Waals surface area contributed by atoms with Gasteiger partial charge in [0.15, 0.2) is 13.2 Å². The largest absolute Gasteiger partial charge is 0.482 e. The molecular weight excluding hydrogens is 398 g/mol. The zero-order valence-electron chi connectivity index (χ0n) is 14.6. The van der Waals surface area contributed by atoms with E-state index in [1.807, 2.05) is 36.4 Å². The Kier molecular flexibility index (Phi) is 8.15. The lowest BCUT2D eigenvalue weighted by molar-refractivity contribution is -0.150. The van der Waals surface area contributed by atoms with Crippen molar-refractivity contribution in [1.82, 2.24) is 5.32 Å². The second-order valence-electron chi connectivity index (χ2n) is 5.73. The number of benzene rings is 2. The standard InChI is InChI=1S/C20H22BrNO4/c1-2-7-18(15-8-4-3-5-9-15)22-19(23)13-26-20(24)14-25-17-11-6-10-16(21)12-17/h3-6,8-12,18H,2,7,13-14H2,1H3,(H,22,23)/t18-/m1/s1. The second kappa shape index (κ2) is 10.6. The molecule has 0 heterocycles. The smallest absolute Gasteiger partial charge is 0.344 e. The number of esters is 1. The molecule has 0 unspecified atom stereocenters. The van der Waals surface area contributed by atoms with Crippen molar-refractivity contribution in [2.24, 2.45) is 0 Å². The van der Waals surface area contributed by atoms with Crippen LogP contribution in [0.5, 0.6) is 5.75 Å². The van der Waals surface area contributed by atoms with Crippen LogP contribution in [0.2, 0.25) is 0 Å². The van der Waals surface area contributed by atoms with Crippen molar-refractivity contribution in [2.75, 3.05) is 13.2 Å². The van der Waals surface area contributed by atoms with Gasteiger partial charge in [0.1, 0.15) is 5.75 Å². The van der Waals surface area contributed by atoms with E-state index >= 15 is 0 Å². The molecule has 0 radical (unpaired) electrons. The molecular formula is C20H22BrNO4. The molecule has 0 bridgehead atoms. The first-order chi connectivity index (χ1) is 12.6. The van der Waals surface area contributed by atoms with Gasteiger partial charge in [-0.3, -0.25) is 4.79 Å². The molecule has 138 valence electrons. The Labute approximate surface area is 161 Å². The van der Waals surface area contributed by atoms with Gasteiger partial charge in [0, 0.05) is 4.47 Å². The molecule has 0 spiro atoms. The van der Waals surface area contributed by atoms with Gasteiger partial charge in [0.05, 0.1) is 6.04 Å². The fourth-order valence-corrected chi connectivity index (χ4v) is 2.80. The summed E-state index contributed by atoms with van der Waals surface area (Å²) in [6, 6.07) is 16.8. The molecule has 1 N–H and O–H groups in total. The Balaban J connectivity index is 1.77. The number of amides is 1. The number of hydrogen-bond donors (Lipinski definition) is 1. The maximum atomic E-state index is 12.1. The summed E-state index contributed by atoms with van der Waals surface area (Å²) in [7, 11) is 0. The molecule has 0 aromatic heterocycles. The van der Waals surface area contributed by atoms with Gasteiger partial charge in [-0.1, -0.05) is 65.7 Å². The third kappa shape index (κ3) is 6.88. The van der Waals surface area contributed by atoms with Gasteiger partial charge < -0.3 is 14.8 Å². The normalized spacial score (nSPS) is 11.5. The van der Waals surface area contributed by atoms with Gasteiger partial charge in [-0.25, -0.2) is 4.79 Å². The molecule has 2 aromatic rings. The van der Waals surface area contributed by atoms with E-state index < -0.39 is 5.97 Å². The first kappa shape index (κ1) is 20.0. The third-order valence-corrected chi connectivity index (χ3v) is 4.12. The highest BCUT2D eigenvalue weighted by molar-refractivity contribution is 9.10. The Morgan fingerprint density at radius 2 is 1.85 bits per heavy atom. The molecule has 0 aliphatic heterocycles. The summed E-state index contributed by atoms with van der Waals surface area (Å²) in [6.45, 7) is 1.48. The highest BCUT2D eigenvalue weighted by Crippen LogP contribution is 2.18. The van der Waals surface area contributed by atoms with Gasteiger partial charge >= 0.3 is 5.97 Å². The quantitative estimate of drug-likeness (QED) is 0.623.